The first-order chi connectivity index (χ1) is 13.5. The number of aromatic nitrogens is 2. The number of para-hydroxylation sites is 2. The maximum absolute atomic E-state index is 12.6. The molecule has 0 bridgehead atoms. The highest BCUT2D eigenvalue weighted by molar-refractivity contribution is 5.80. The number of hydrogen-bond acceptors (Lipinski definition) is 4. The van der Waals surface area contributed by atoms with E-state index in [1.54, 1.807) is 0 Å². The van der Waals surface area contributed by atoms with E-state index in [0.29, 0.717) is 32.5 Å². The highest BCUT2D eigenvalue weighted by atomic mass is 16.2. The van der Waals surface area contributed by atoms with Gasteiger partial charge in [0.1, 0.15) is 0 Å². The molecule has 1 aromatic carbocycles. The Morgan fingerprint density at radius 2 is 1.71 bits per heavy atom. The van der Waals surface area contributed by atoms with E-state index in [0.717, 1.165) is 37.0 Å². The summed E-state index contributed by atoms with van der Waals surface area (Å²) in [5.74, 6) is -0.249. The number of nitrogens with zero attached hydrogens (tertiary/aromatic N) is 3. The number of piperidine rings is 2. The lowest BCUT2D eigenvalue weighted by atomic mass is 9.96. The fraction of sp³-hybridized carbons (Fsp3) is 0.550. The average Bonchev–Trinajstić information content (AvgIpc) is 3.04. The van der Waals surface area contributed by atoms with E-state index in [1.165, 1.54) is 0 Å². The minimum atomic E-state index is -0.262. The first-order valence-electron chi connectivity index (χ1n) is 10.0. The van der Waals surface area contributed by atoms with Gasteiger partial charge in [-0.3, -0.25) is 19.1 Å². The minimum Gasteiger partial charge on any atom is -0.369 e. The highest BCUT2D eigenvalue weighted by Gasteiger charge is 2.29. The topological polar surface area (TPSA) is 104 Å². The van der Waals surface area contributed by atoms with E-state index < -0.39 is 0 Å². The Bertz CT molecular complexity index is 917. The van der Waals surface area contributed by atoms with Gasteiger partial charge in [-0.15, -0.1) is 0 Å². The van der Waals surface area contributed by atoms with Crippen LogP contribution in [-0.2, 0) is 9.59 Å². The smallest absolute Gasteiger partial charge is 0.326 e. The second-order valence-corrected chi connectivity index (χ2v) is 7.88. The van der Waals surface area contributed by atoms with Gasteiger partial charge in [-0.05, 0) is 37.8 Å². The molecule has 28 heavy (non-hydrogen) atoms. The van der Waals surface area contributed by atoms with Crippen molar-refractivity contribution in [1.82, 2.24) is 19.4 Å². The number of imidazole rings is 1. The van der Waals surface area contributed by atoms with E-state index in [2.05, 4.69) is 9.88 Å². The fourth-order valence-corrected chi connectivity index (χ4v) is 4.48. The SMILES string of the molecule is NC(=O)C1CCN(C(=O)CN2CCC(n3c(=O)[nH]c4ccccc43)CC2)CC1. The first kappa shape index (κ1) is 18.7. The quantitative estimate of drug-likeness (QED) is 0.808. The summed E-state index contributed by atoms with van der Waals surface area (Å²) >= 11 is 0. The molecule has 0 radical (unpaired) electrons. The zero-order valence-electron chi connectivity index (χ0n) is 16.0. The highest BCUT2D eigenvalue weighted by Crippen LogP contribution is 2.25. The first-order valence-corrected chi connectivity index (χ1v) is 10.0. The number of carbonyl (C=O) groups excluding carboxylic acids is 2. The standard InChI is InChI=1S/C20H27N5O3/c21-19(27)14-5-11-24(12-6-14)18(26)13-23-9-7-15(8-10-23)25-17-4-2-1-3-16(17)22-20(25)28/h1-4,14-15H,5-13H2,(H2,21,27)(H,22,28). The van der Waals surface area contributed by atoms with Gasteiger partial charge in [-0.2, -0.15) is 0 Å². The molecule has 8 heteroatoms. The van der Waals surface area contributed by atoms with Crippen molar-refractivity contribution in [3.63, 3.8) is 0 Å². The fourth-order valence-electron chi connectivity index (χ4n) is 4.48. The van der Waals surface area contributed by atoms with E-state index in [-0.39, 0.29) is 29.5 Å². The summed E-state index contributed by atoms with van der Waals surface area (Å²) in [5, 5.41) is 0. The Morgan fingerprint density at radius 1 is 1.04 bits per heavy atom. The predicted molar refractivity (Wildman–Crippen MR) is 106 cm³/mol. The molecule has 2 fully saturated rings. The van der Waals surface area contributed by atoms with Gasteiger partial charge in [0.2, 0.25) is 11.8 Å². The number of primary amides is 1. The third kappa shape index (κ3) is 3.69. The molecule has 4 rings (SSSR count). The molecule has 8 nitrogen and oxygen atoms in total. The van der Waals surface area contributed by atoms with Crippen LogP contribution in [0.3, 0.4) is 0 Å². The Balaban J connectivity index is 1.32. The van der Waals surface area contributed by atoms with E-state index >= 15 is 0 Å². The third-order valence-electron chi connectivity index (χ3n) is 6.16. The summed E-state index contributed by atoms with van der Waals surface area (Å²) in [5.41, 5.74) is 7.11. The van der Waals surface area contributed by atoms with Crippen molar-refractivity contribution in [3.8, 4) is 0 Å². The van der Waals surface area contributed by atoms with Gasteiger partial charge < -0.3 is 15.6 Å². The second-order valence-electron chi connectivity index (χ2n) is 7.88. The lowest BCUT2D eigenvalue weighted by Gasteiger charge is -2.35. The molecule has 0 aliphatic carbocycles. The number of H-pyrrole nitrogens is 1. The average molecular weight is 385 g/mol. The van der Waals surface area contributed by atoms with Gasteiger partial charge >= 0.3 is 5.69 Å². The lowest BCUT2D eigenvalue weighted by molar-refractivity contribution is -0.136. The summed E-state index contributed by atoms with van der Waals surface area (Å²) in [6, 6.07) is 7.91. The van der Waals surface area contributed by atoms with Crippen LogP contribution in [0.2, 0.25) is 0 Å². The van der Waals surface area contributed by atoms with Crippen molar-refractivity contribution in [3.05, 3.63) is 34.7 Å². The number of aromatic amines is 1. The molecule has 3 N–H and O–H groups in total. The Kier molecular flexibility index (Phi) is 5.21. The van der Waals surface area contributed by atoms with Crippen LogP contribution in [0.5, 0.6) is 0 Å². The van der Waals surface area contributed by atoms with Crippen molar-refractivity contribution in [2.45, 2.75) is 31.7 Å². The molecule has 0 saturated carbocycles. The molecule has 0 spiro atoms. The van der Waals surface area contributed by atoms with Gasteiger partial charge in [0, 0.05) is 38.1 Å². The number of hydrogen-bond donors (Lipinski definition) is 2. The molecule has 2 saturated heterocycles. The number of carbonyl (C=O) groups is 2. The summed E-state index contributed by atoms with van der Waals surface area (Å²) < 4.78 is 1.86. The van der Waals surface area contributed by atoms with E-state index in [1.807, 2.05) is 33.7 Å². The van der Waals surface area contributed by atoms with Crippen molar-refractivity contribution in [1.29, 1.82) is 0 Å². The third-order valence-corrected chi connectivity index (χ3v) is 6.16. The number of fused-ring (bicyclic) bond motifs is 1. The molecule has 2 amide bonds. The van der Waals surface area contributed by atoms with Gasteiger partial charge in [0.05, 0.1) is 17.6 Å². The molecule has 3 heterocycles. The number of benzene rings is 1. The molecule has 2 aliphatic rings. The van der Waals surface area contributed by atoms with Crippen LogP contribution < -0.4 is 11.4 Å². The van der Waals surface area contributed by atoms with E-state index in [9.17, 15) is 14.4 Å². The molecule has 150 valence electrons. The number of likely N-dealkylation sites (tertiary alicyclic amines) is 2. The van der Waals surface area contributed by atoms with Crippen LogP contribution in [0, 0.1) is 5.92 Å². The molecule has 2 aromatic rings. The molecule has 0 atom stereocenters. The largest absolute Gasteiger partial charge is 0.369 e. The number of nitrogens with two attached hydrogens (primary N) is 1. The number of amides is 2. The monoisotopic (exact) mass is 385 g/mol. The zero-order chi connectivity index (χ0) is 19.7. The number of rotatable bonds is 4. The number of nitrogens with one attached hydrogen (secondary N) is 1. The zero-order valence-corrected chi connectivity index (χ0v) is 16.0. The molecular formula is C20H27N5O3. The van der Waals surface area contributed by atoms with Gasteiger partial charge in [0.25, 0.3) is 0 Å². The summed E-state index contributed by atoms with van der Waals surface area (Å²) in [7, 11) is 0. The Labute approximate surface area is 163 Å². The Morgan fingerprint density at radius 3 is 2.39 bits per heavy atom. The van der Waals surface area contributed by atoms with Crippen LogP contribution in [-0.4, -0.2) is 63.9 Å². The van der Waals surface area contributed by atoms with Crippen molar-refractivity contribution < 1.29 is 9.59 Å². The van der Waals surface area contributed by atoms with Crippen LogP contribution in [0.1, 0.15) is 31.7 Å². The molecule has 0 unspecified atom stereocenters. The maximum atomic E-state index is 12.6. The molecule has 2 aliphatic heterocycles. The van der Waals surface area contributed by atoms with Crippen LogP contribution in [0.4, 0.5) is 0 Å². The molecular weight excluding hydrogens is 358 g/mol. The molecule has 1 aromatic heterocycles. The summed E-state index contributed by atoms with van der Waals surface area (Å²) in [6.07, 6.45) is 3.01. The second kappa shape index (κ2) is 7.79. The van der Waals surface area contributed by atoms with Gasteiger partial charge in [0.15, 0.2) is 0 Å². The summed E-state index contributed by atoms with van der Waals surface area (Å²) in [4.78, 5) is 43.2. The predicted octanol–water partition coefficient (Wildman–Crippen LogP) is 0.690. The van der Waals surface area contributed by atoms with Crippen LogP contribution >= 0.6 is 0 Å². The lowest BCUT2D eigenvalue weighted by Crippen LogP contribution is -2.47. The minimum absolute atomic E-state index is 0.0620. The van der Waals surface area contributed by atoms with Crippen LogP contribution in [0.15, 0.2) is 29.1 Å². The van der Waals surface area contributed by atoms with Crippen molar-refractivity contribution in [2.24, 2.45) is 11.7 Å². The Hall–Kier alpha value is -2.61. The van der Waals surface area contributed by atoms with Crippen molar-refractivity contribution in [2.75, 3.05) is 32.7 Å². The van der Waals surface area contributed by atoms with Crippen molar-refractivity contribution >= 4 is 22.8 Å². The van der Waals surface area contributed by atoms with Crippen LogP contribution in [0.25, 0.3) is 11.0 Å². The summed E-state index contributed by atoms with van der Waals surface area (Å²) in [6.45, 7) is 3.19. The van der Waals surface area contributed by atoms with E-state index in [4.69, 9.17) is 5.73 Å². The van der Waals surface area contributed by atoms with Gasteiger partial charge in [-0.1, -0.05) is 12.1 Å². The normalized spacial score (nSPS) is 19.9. The maximum Gasteiger partial charge on any atom is 0.326 e. The van der Waals surface area contributed by atoms with Gasteiger partial charge in [-0.25, -0.2) is 4.79 Å².